The minimum atomic E-state index is -1.29. The monoisotopic (exact) mass is 625 g/mol. The Morgan fingerprint density at radius 1 is 0.477 bits per heavy atom. The third-order valence-electron chi connectivity index (χ3n) is 7.79. The first-order valence-electron chi connectivity index (χ1n) is 15.6. The molecule has 12 nitrogen and oxygen atoms in total. The number of rotatable bonds is 6. The topological polar surface area (TPSA) is 149 Å². The molecule has 0 aromatic heterocycles. The SMILES string of the molecule is CC(C)[C@@H]1NC(=O)[C@@H](C(C)C)OC(=O)[C@H](C(C)C)N(C)C(=O)[C@@H](C(C)C)OC(=O)[C@H](C(C)C)N(C)C(=O)[C@@H](C(C)C)OC1=O. The number of hydrogen-bond acceptors (Lipinski definition) is 9. The van der Waals surface area contributed by atoms with Gasteiger partial charge >= 0.3 is 17.9 Å². The molecule has 44 heavy (non-hydrogen) atoms. The zero-order chi connectivity index (χ0) is 34.4. The average molecular weight is 626 g/mol. The maximum absolute atomic E-state index is 13.8. The molecule has 0 aromatic rings. The number of nitrogens with zero attached hydrogens (tertiary/aromatic N) is 2. The van der Waals surface area contributed by atoms with Gasteiger partial charge in [0.2, 0.25) is 0 Å². The van der Waals surface area contributed by atoms with Crippen LogP contribution in [0.1, 0.15) is 83.1 Å². The molecular weight excluding hydrogens is 570 g/mol. The molecule has 1 heterocycles. The molecule has 1 fully saturated rings. The van der Waals surface area contributed by atoms with E-state index in [1.807, 2.05) is 0 Å². The van der Waals surface area contributed by atoms with Gasteiger partial charge in [-0.05, 0) is 35.5 Å². The number of esters is 3. The number of likely N-dealkylation sites (N-methyl/N-ethyl adjacent to an activating group) is 2. The van der Waals surface area contributed by atoms with Gasteiger partial charge in [0.1, 0.15) is 18.1 Å². The lowest BCUT2D eigenvalue weighted by Crippen LogP contribution is -2.57. The summed E-state index contributed by atoms with van der Waals surface area (Å²) < 4.78 is 17.2. The van der Waals surface area contributed by atoms with Gasteiger partial charge in [0.15, 0.2) is 18.3 Å². The van der Waals surface area contributed by atoms with Crippen LogP contribution in [0.2, 0.25) is 0 Å². The molecule has 6 atom stereocenters. The zero-order valence-electron chi connectivity index (χ0n) is 29.0. The summed E-state index contributed by atoms with van der Waals surface area (Å²) in [6.45, 7) is 20.5. The highest BCUT2D eigenvalue weighted by atomic mass is 16.6. The van der Waals surface area contributed by atoms with Crippen LogP contribution in [-0.2, 0) is 43.0 Å². The van der Waals surface area contributed by atoms with Crippen LogP contribution in [0.5, 0.6) is 0 Å². The second-order valence-corrected chi connectivity index (χ2v) is 13.8. The maximum Gasteiger partial charge on any atom is 0.329 e. The van der Waals surface area contributed by atoms with Crippen LogP contribution in [-0.4, -0.2) is 96.0 Å². The molecule has 1 N–H and O–H groups in total. The summed E-state index contributed by atoms with van der Waals surface area (Å²) in [5.74, 6) is -7.17. The molecule has 1 rings (SSSR count). The fourth-order valence-corrected chi connectivity index (χ4v) is 5.19. The van der Waals surface area contributed by atoms with Gasteiger partial charge in [-0.25, -0.2) is 14.4 Å². The van der Waals surface area contributed by atoms with Crippen molar-refractivity contribution in [2.45, 2.75) is 120 Å². The summed E-state index contributed by atoms with van der Waals surface area (Å²) in [4.78, 5) is 84.2. The van der Waals surface area contributed by atoms with Gasteiger partial charge < -0.3 is 29.3 Å². The highest BCUT2D eigenvalue weighted by Gasteiger charge is 2.44. The van der Waals surface area contributed by atoms with Crippen molar-refractivity contribution < 1.29 is 43.0 Å². The van der Waals surface area contributed by atoms with Crippen LogP contribution < -0.4 is 5.32 Å². The van der Waals surface area contributed by atoms with Crippen molar-refractivity contribution in [3.8, 4) is 0 Å². The standard InChI is InChI=1S/C32H55N3O9/c1-15(2)21-30(39)43-25(19(9)10)28(37)35(14)23(17(5)6)32(41)44-26(20(11)12)29(38)34(13)22(16(3)4)31(40)42-24(18(7)8)27(36)33-21/h15-26H,1-14H3,(H,33,36)/t21-,22-,23-,24+,25+,26+/m0/s1. The molecule has 1 aliphatic heterocycles. The van der Waals surface area contributed by atoms with Crippen LogP contribution in [0.3, 0.4) is 0 Å². The lowest BCUT2D eigenvalue weighted by molar-refractivity contribution is -0.178. The van der Waals surface area contributed by atoms with Gasteiger partial charge in [0, 0.05) is 14.1 Å². The number of cyclic esters (lactones) is 3. The highest BCUT2D eigenvalue weighted by Crippen LogP contribution is 2.23. The van der Waals surface area contributed by atoms with Gasteiger partial charge in [-0.2, -0.15) is 0 Å². The average Bonchev–Trinajstić information content (AvgIpc) is 2.89. The van der Waals surface area contributed by atoms with Crippen LogP contribution in [0.15, 0.2) is 0 Å². The largest absolute Gasteiger partial charge is 0.450 e. The predicted octanol–water partition coefficient (Wildman–Crippen LogP) is 2.81. The van der Waals surface area contributed by atoms with Crippen molar-refractivity contribution in [1.82, 2.24) is 15.1 Å². The molecule has 1 saturated heterocycles. The number of nitrogens with one attached hydrogen (secondary N) is 1. The first-order valence-corrected chi connectivity index (χ1v) is 15.6. The van der Waals surface area contributed by atoms with E-state index in [2.05, 4.69) is 5.32 Å². The van der Waals surface area contributed by atoms with Crippen LogP contribution in [0, 0.1) is 35.5 Å². The Labute approximate surface area is 262 Å². The molecule has 252 valence electrons. The molecule has 0 bridgehead atoms. The summed E-state index contributed by atoms with van der Waals surface area (Å²) in [6.07, 6.45) is -3.85. The van der Waals surface area contributed by atoms with Crippen LogP contribution in [0.25, 0.3) is 0 Å². The van der Waals surface area contributed by atoms with Gasteiger partial charge in [-0.3, -0.25) is 14.4 Å². The predicted molar refractivity (Wildman–Crippen MR) is 164 cm³/mol. The normalized spacial score (nSPS) is 27.6. The summed E-state index contributed by atoms with van der Waals surface area (Å²) in [5, 5.41) is 2.66. The third kappa shape index (κ3) is 9.41. The number of amides is 3. The van der Waals surface area contributed by atoms with Crippen molar-refractivity contribution in [3.63, 3.8) is 0 Å². The zero-order valence-corrected chi connectivity index (χ0v) is 29.0. The summed E-state index contributed by atoms with van der Waals surface area (Å²) >= 11 is 0. The molecule has 3 amide bonds. The molecule has 0 spiro atoms. The molecule has 0 aromatic carbocycles. The lowest BCUT2D eigenvalue weighted by Gasteiger charge is -2.37. The van der Waals surface area contributed by atoms with E-state index in [0.29, 0.717) is 0 Å². The Morgan fingerprint density at radius 3 is 1.09 bits per heavy atom. The van der Waals surface area contributed by atoms with E-state index in [4.69, 9.17) is 14.2 Å². The fourth-order valence-electron chi connectivity index (χ4n) is 5.19. The number of carbonyl (C=O) groups excluding carboxylic acids is 6. The maximum atomic E-state index is 13.8. The fraction of sp³-hybridized carbons (Fsp3) is 0.812. The number of carbonyl (C=O) groups is 6. The molecular formula is C32H55N3O9. The van der Waals surface area contributed by atoms with Gasteiger partial charge in [0.05, 0.1) is 0 Å². The first kappa shape index (κ1) is 38.8. The first-order chi connectivity index (χ1) is 20.1. The van der Waals surface area contributed by atoms with E-state index in [1.165, 1.54) is 23.9 Å². The second kappa shape index (κ2) is 16.2. The smallest absolute Gasteiger partial charge is 0.329 e. The molecule has 0 saturated carbocycles. The van der Waals surface area contributed by atoms with Crippen molar-refractivity contribution in [2.24, 2.45) is 35.5 Å². The number of ether oxygens (including phenoxy) is 3. The van der Waals surface area contributed by atoms with Crippen molar-refractivity contribution >= 4 is 35.6 Å². The Hall–Kier alpha value is -3.18. The molecule has 0 aliphatic carbocycles. The molecule has 0 radical (unpaired) electrons. The quantitative estimate of drug-likeness (QED) is 0.347. The molecule has 1 aliphatic rings. The Morgan fingerprint density at radius 2 is 0.795 bits per heavy atom. The highest BCUT2D eigenvalue weighted by molar-refractivity contribution is 5.94. The van der Waals surface area contributed by atoms with Crippen molar-refractivity contribution in [3.05, 3.63) is 0 Å². The van der Waals surface area contributed by atoms with E-state index in [-0.39, 0.29) is 0 Å². The van der Waals surface area contributed by atoms with E-state index in [0.717, 1.165) is 0 Å². The number of hydrogen-bond donors (Lipinski definition) is 1. The van der Waals surface area contributed by atoms with E-state index in [9.17, 15) is 28.8 Å². The van der Waals surface area contributed by atoms with Crippen LogP contribution >= 0.6 is 0 Å². The van der Waals surface area contributed by atoms with E-state index >= 15 is 0 Å². The summed E-state index contributed by atoms with van der Waals surface area (Å²) in [6, 6.07) is -3.39. The molecule has 12 heteroatoms. The minimum absolute atomic E-state index is 0.430. The van der Waals surface area contributed by atoms with Crippen LogP contribution in [0.4, 0.5) is 0 Å². The van der Waals surface area contributed by atoms with Gasteiger partial charge in [-0.15, -0.1) is 0 Å². The summed E-state index contributed by atoms with van der Waals surface area (Å²) in [7, 11) is 2.85. The second-order valence-electron chi connectivity index (χ2n) is 13.8. The Balaban J connectivity index is 3.85. The van der Waals surface area contributed by atoms with Gasteiger partial charge in [0.25, 0.3) is 17.7 Å². The Kier molecular flexibility index (Phi) is 14.3. The van der Waals surface area contributed by atoms with Gasteiger partial charge in [-0.1, -0.05) is 83.1 Å². The Bertz CT molecular complexity index is 1050. The third-order valence-corrected chi connectivity index (χ3v) is 7.79. The van der Waals surface area contributed by atoms with E-state index < -0.39 is 108 Å². The minimum Gasteiger partial charge on any atom is -0.450 e. The van der Waals surface area contributed by atoms with Crippen molar-refractivity contribution in [2.75, 3.05) is 14.1 Å². The summed E-state index contributed by atoms with van der Waals surface area (Å²) in [5.41, 5.74) is 0. The van der Waals surface area contributed by atoms with Crippen molar-refractivity contribution in [1.29, 1.82) is 0 Å². The lowest BCUT2D eigenvalue weighted by atomic mass is 9.98. The molecule has 0 unspecified atom stereocenters. The van der Waals surface area contributed by atoms with E-state index in [1.54, 1.807) is 83.1 Å².